The van der Waals surface area contributed by atoms with Crippen LogP contribution in [0.25, 0.3) is 0 Å². The van der Waals surface area contributed by atoms with E-state index in [2.05, 4.69) is 40.1 Å². The molecule has 1 heterocycles. The Morgan fingerprint density at radius 1 is 1.62 bits per heavy atom. The van der Waals surface area contributed by atoms with Gasteiger partial charge in [0.1, 0.15) is 11.4 Å². The standard InChI is InChI=1S/C11H15BrN2O2/c1-7(2)3-4-13-10-9(11(15)16)5-8(12)6-14-10/h5-7H,3-4H2,1-2H3,(H,13,14)(H,15,16). The Balaban J connectivity index is 2.75. The summed E-state index contributed by atoms with van der Waals surface area (Å²) < 4.78 is 0.666. The fourth-order valence-electron chi connectivity index (χ4n) is 1.22. The molecule has 1 rings (SSSR count). The van der Waals surface area contributed by atoms with Gasteiger partial charge in [0.2, 0.25) is 0 Å². The molecule has 16 heavy (non-hydrogen) atoms. The third-order valence-electron chi connectivity index (χ3n) is 2.10. The first-order chi connectivity index (χ1) is 7.50. The Bertz CT molecular complexity index is 380. The highest BCUT2D eigenvalue weighted by atomic mass is 79.9. The van der Waals surface area contributed by atoms with E-state index in [0.717, 1.165) is 13.0 Å². The van der Waals surface area contributed by atoms with E-state index in [4.69, 9.17) is 5.11 Å². The summed E-state index contributed by atoms with van der Waals surface area (Å²) in [6.07, 6.45) is 2.57. The van der Waals surface area contributed by atoms with Gasteiger partial charge in [0.15, 0.2) is 0 Å². The Hall–Kier alpha value is -1.10. The molecule has 0 unspecified atom stereocenters. The van der Waals surface area contributed by atoms with Crippen molar-refractivity contribution in [2.24, 2.45) is 5.92 Å². The van der Waals surface area contributed by atoms with E-state index in [0.29, 0.717) is 16.2 Å². The summed E-state index contributed by atoms with van der Waals surface area (Å²) in [6, 6.07) is 1.55. The van der Waals surface area contributed by atoms with Gasteiger partial charge in [0.25, 0.3) is 0 Å². The fourth-order valence-corrected chi connectivity index (χ4v) is 1.55. The van der Waals surface area contributed by atoms with Gasteiger partial charge in [-0.1, -0.05) is 13.8 Å². The van der Waals surface area contributed by atoms with Crippen LogP contribution in [0.1, 0.15) is 30.6 Å². The molecule has 0 aliphatic carbocycles. The van der Waals surface area contributed by atoms with Gasteiger partial charge in [0.05, 0.1) is 0 Å². The van der Waals surface area contributed by atoms with Crippen molar-refractivity contribution in [3.05, 3.63) is 22.3 Å². The van der Waals surface area contributed by atoms with Gasteiger partial charge >= 0.3 is 5.97 Å². The number of anilines is 1. The van der Waals surface area contributed by atoms with Crippen LogP contribution in [-0.4, -0.2) is 22.6 Å². The van der Waals surface area contributed by atoms with Gasteiger partial charge in [-0.05, 0) is 34.3 Å². The van der Waals surface area contributed by atoms with Gasteiger partial charge in [-0.15, -0.1) is 0 Å². The van der Waals surface area contributed by atoms with Crippen molar-refractivity contribution >= 4 is 27.7 Å². The Morgan fingerprint density at radius 3 is 2.88 bits per heavy atom. The highest BCUT2D eigenvalue weighted by molar-refractivity contribution is 9.10. The molecule has 0 saturated carbocycles. The van der Waals surface area contributed by atoms with Crippen molar-refractivity contribution < 1.29 is 9.90 Å². The summed E-state index contributed by atoms with van der Waals surface area (Å²) in [6.45, 7) is 4.97. The molecule has 0 aliphatic heterocycles. The van der Waals surface area contributed by atoms with E-state index in [1.54, 1.807) is 12.3 Å². The number of hydrogen-bond donors (Lipinski definition) is 2. The van der Waals surface area contributed by atoms with Gasteiger partial charge in [-0.25, -0.2) is 9.78 Å². The number of nitrogens with zero attached hydrogens (tertiary/aromatic N) is 1. The second-order valence-electron chi connectivity index (χ2n) is 3.96. The minimum Gasteiger partial charge on any atom is -0.478 e. The highest BCUT2D eigenvalue weighted by Gasteiger charge is 2.11. The molecule has 0 aromatic carbocycles. The quantitative estimate of drug-likeness (QED) is 0.874. The van der Waals surface area contributed by atoms with Crippen LogP contribution in [0.15, 0.2) is 16.7 Å². The van der Waals surface area contributed by atoms with Crippen LogP contribution in [-0.2, 0) is 0 Å². The zero-order chi connectivity index (χ0) is 12.1. The molecule has 1 aromatic rings. The molecule has 0 amide bonds. The van der Waals surface area contributed by atoms with Crippen molar-refractivity contribution in [3.63, 3.8) is 0 Å². The van der Waals surface area contributed by atoms with E-state index < -0.39 is 5.97 Å². The minimum atomic E-state index is -0.971. The van der Waals surface area contributed by atoms with Crippen LogP contribution in [0.3, 0.4) is 0 Å². The largest absolute Gasteiger partial charge is 0.478 e. The summed E-state index contributed by atoms with van der Waals surface area (Å²) in [5.41, 5.74) is 0.193. The number of nitrogens with one attached hydrogen (secondary N) is 1. The number of aromatic carboxylic acids is 1. The number of carboxylic acid groups (broad SMARTS) is 1. The van der Waals surface area contributed by atoms with Gasteiger partial charge < -0.3 is 10.4 Å². The predicted molar refractivity (Wildman–Crippen MR) is 66.8 cm³/mol. The minimum absolute atomic E-state index is 0.193. The van der Waals surface area contributed by atoms with Crippen molar-refractivity contribution in [2.45, 2.75) is 20.3 Å². The van der Waals surface area contributed by atoms with Crippen molar-refractivity contribution in [2.75, 3.05) is 11.9 Å². The number of carbonyl (C=O) groups is 1. The summed E-state index contributed by atoms with van der Waals surface area (Å²) in [7, 11) is 0. The SMILES string of the molecule is CC(C)CCNc1ncc(Br)cc1C(=O)O. The average Bonchev–Trinajstić information content (AvgIpc) is 2.19. The molecule has 0 radical (unpaired) electrons. The molecule has 0 spiro atoms. The maximum atomic E-state index is 11.0. The van der Waals surface area contributed by atoms with Crippen LogP contribution in [0.2, 0.25) is 0 Å². The molecule has 88 valence electrons. The summed E-state index contributed by atoms with van der Waals surface area (Å²) in [5.74, 6) is 0.0356. The first kappa shape index (κ1) is 13.0. The number of aromatic nitrogens is 1. The molecule has 0 bridgehead atoms. The highest BCUT2D eigenvalue weighted by Crippen LogP contribution is 2.18. The second-order valence-corrected chi connectivity index (χ2v) is 4.88. The zero-order valence-electron chi connectivity index (χ0n) is 9.33. The number of hydrogen-bond acceptors (Lipinski definition) is 3. The third-order valence-corrected chi connectivity index (χ3v) is 2.53. The Kier molecular flexibility index (Phi) is 4.73. The van der Waals surface area contributed by atoms with E-state index in [-0.39, 0.29) is 5.56 Å². The maximum Gasteiger partial charge on any atom is 0.339 e. The van der Waals surface area contributed by atoms with Gasteiger partial charge in [0, 0.05) is 17.2 Å². The summed E-state index contributed by atoms with van der Waals surface area (Å²) in [4.78, 5) is 15.0. The van der Waals surface area contributed by atoms with Crippen LogP contribution in [0, 0.1) is 5.92 Å². The molecule has 2 N–H and O–H groups in total. The average molecular weight is 287 g/mol. The lowest BCUT2D eigenvalue weighted by Gasteiger charge is -2.10. The molecular weight excluding hydrogens is 272 g/mol. The monoisotopic (exact) mass is 286 g/mol. The third kappa shape index (κ3) is 3.81. The van der Waals surface area contributed by atoms with Crippen LogP contribution in [0.4, 0.5) is 5.82 Å². The van der Waals surface area contributed by atoms with Crippen LogP contribution < -0.4 is 5.32 Å². The predicted octanol–water partition coefficient (Wildman–Crippen LogP) is 3.00. The fraction of sp³-hybridized carbons (Fsp3) is 0.455. The van der Waals surface area contributed by atoms with Crippen molar-refractivity contribution in [1.29, 1.82) is 0 Å². The van der Waals surface area contributed by atoms with E-state index in [9.17, 15) is 4.79 Å². The number of rotatable bonds is 5. The van der Waals surface area contributed by atoms with Gasteiger partial charge in [-0.3, -0.25) is 0 Å². The molecule has 0 saturated heterocycles. The first-order valence-electron chi connectivity index (χ1n) is 5.13. The molecule has 5 heteroatoms. The Labute approximate surface area is 103 Å². The number of carboxylic acids is 1. The Morgan fingerprint density at radius 2 is 2.31 bits per heavy atom. The summed E-state index contributed by atoms with van der Waals surface area (Å²) in [5, 5.41) is 12.0. The smallest absolute Gasteiger partial charge is 0.339 e. The molecule has 0 atom stereocenters. The van der Waals surface area contributed by atoms with E-state index >= 15 is 0 Å². The first-order valence-corrected chi connectivity index (χ1v) is 5.92. The van der Waals surface area contributed by atoms with Crippen LogP contribution >= 0.6 is 15.9 Å². The van der Waals surface area contributed by atoms with Gasteiger partial charge in [-0.2, -0.15) is 0 Å². The number of halogens is 1. The second kappa shape index (κ2) is 5.84. The summed E-state index contributed by atoms with van der Waals surface area (Å²) >= 11 is 3.20. The molecule has 0 aliphatic rings. The maximum absolute atomic E-state index is 11.0. The normalized spacial score (nSPS) is 10.5. The number of pyridine rings is 1. The van der Waals surface area contributed by atoms with Crippen LogP contribution in [0.5, 0.6) is 0 Å². The van der Waals surface area contributed by atoms with E-state index in [1.165, 1.54) is 0 Å². The molecule has 0 fully saturated rings. The van der Waals surface area contributed by atoms with Crippen molar-refractivity contribution in [1.82, 2.24) is 4.98 Å². The molecular formula is C11H15BrN2O2. The lowest BCUT2D eigenvalue weighted by atomic mass is 10.1. The van der Waals surface area contributed by atoms with Crippen molar-refractivity contribution in [3.8, 4) is 0 Å². The lowest BCUT2D eigenvalue weighted by molar-refractivity contribution is 0.0697. The lowest BCUT2D eigenvalue weighted by Crippen LogP contribution is -2.11. The van der Waals surface area contributed by atoms with E-state index in [1.807, 2.05) is 0 Å². The topological polar surface area (TPSA) is 62.2 Å². The molecule has 4 nitrogen and oxygen atoms in total. The molecule has 1 aromatic heterocycles. The zero-order valence-corrected chi connectivity index (χ0v) is 10.9.